The van der Waals surface area contributed by atoms with Gasteiger partial charge in [-0.3, -0.25) is 4.79 Å². The molecule has 0 aromatic heterocycles. The second-order valence-electron chi connectivity index (χ2n) is 3.65. The highest BCUT2D eigenvalue weighted by Crippen LogP contribution is 2.09. The molecule has 1 amide bonds. The fraction of sp³-hybridized carbons (Fsp3) is 0.889. The van der Waals surface area contributed by atoms with Crippen LogP contribution in [0.25, 0.3) is 0 Å². The van der Waals surface area contributed by atoms with Crippen LogP contribution in [0.4, 0.5) is 0 Å². The third kappa shape index (κ3) is 3.32. The Labute approximate surface area is 79.7 Å². The van der Waals surface area contributed by atoms with Gasteiger partial charge in [0.1, 0.15) is 0 Å². The van der Waals surface area contributed by atoms with Crippen molar-refractivity contribution in [2.45, 2.75) is 6.42 Å². The maximum atomic E-state index is 11.5. The van der Waals surface area contributed by atoms with E-state index in [1.807, 2.05) is 14.1 Å². The van der Waals surface area contributed by atoms with E-state index < -0.39 is 0 Å². The molecule has 1 heterocycles. The lowest BCUT2D eigenvalue weighted by molar-refractivity contribution is -0.131. The second-order valence-corrected chi connectivity index (χ2v) is 3.65. The molecule has 13 heavy (non-hydrogen) atoms. The van der Waals surface area contributed by atoms with Crippen LogP contribution in [-0.2, 0) is 4.79 Å². The van der Waals surface area contributed by atoms with Gasteiger partial charge in [-0.25, -0.2) is 0 Å². The first kappa shape index (κ1) is 10.5. The summed E-state index contributed by atoms with van der Waals surface area (Å²) in [6.45, 7) is 3.68. The zero-order chi connectivity index (χ0) is 9.68. The van der Waals surface area contributed by atoms with Gasteiger partial charge in [0.2, 0.25) is 5.91 Å². The number of rotatable bonds is 5. The van der Waals surface area contributed by atoms with E-state index in [1.165, 1.54) is 0 Å². The summed E-state index contributed by atoms with van der Waals surface area (Å²) < 4.78 is 0. The Kier molecular flexibility index (Phi) is 4.18. The molecule has 0 spiro atoms. The van der Waals surface area contributed by atoms with Gasteiger partial charge in [-0.2, -0.15) is 0 Å². The average Bonchev–Trinajstić information content (AvgIpc) is 2.06. The van der Waals surface area contributed by atoms with Crippen molar-refractivity contribution in [3.8, 4) is 0 Å². The smallest absolute Gasteiger partial charge is 0.222 e. The van der Waals surface area contributed by atoms with Crippen molar-refractivity contribution < 1.29 is 4.79 Å². The van der Waals surface area contributed by atoms with Crippen LogP contribution in [0.1, 0.15) is 6.42 Å². The third-order valence-corrected chi connectivity index (χ3v) is 2.45. The topological polar surface area (TPSA) is 44.4 Å². The molecule has 4 nitrogen and oxygen atoms in total. The van der Waals surface area contributed by atoms with E-state index in [0.717, 1.165) is 26.2 Å². The van der Waals surface area contributed by atoms with Gasteiger partial charge in [-0.15, -0.1) is 0 Å². The van der Waals surface area contributed by atoms with Crippen LogP contribution in [0.2, 0.25) is 0 Å². The summed E-state index contributed by atoms with van der Waals surface area (Å²) in [4.78, 5) is 13.3. The van der Waals surface area contributed by atoms with Crippen LogP contribution in [0.15, 0.2) is 0 Å². The highest BCUT2D eigenvalue weighted by molar-refractivity contribution is 5.76. The largest absolute Gasteiger partial charge is 0.344 e. The standard InChI is InChI=1S/C9H19N3O/c1-10-3-4-12(2)9(13)5-8-6-11-7-8/h8,10-11H,3-7H2,1-2H3. The monoisotopic (exact) mass is 185 g/mol. The van der Waals surface area contributed by atoms with Gasteiger partial charge in [-0.1, -0.05) is 0 Å². The van der Waals surface area contributed by atoms with Crippen molar-refractivity contribution in [1.29, 1.82) is 0 Å². The minimum atomic E-state index is 0.266. The molecule has 2 N–H and O–H groups in total. The number of nitrogens with one attached hydrogen (secondary N) is 2. The summed E-state index contributed by atoms with van der Waals surface area (Å²) in [6.07, 6.45) is 0.702. The van der Waals surface area contributed by atoms with Crippen molar-refractivity contribution >= 4 is 5.91 Å². The molecule has 0 atom stereocenters. The highest BCUT2D eigenvalue weighted by atomic mass is 16.2. The first-order valence-electron chi connectivity index (χ1n) is 4.83. The Morgan fingerprint density at radius 2 is 2.31 bits per heavy atom. The van der Waals surface area contributed by atoms with Gasteiger partial charge in [0.25, 0.3) is 0 Å². The molecule has 0 aromatic carbocycles. The van der Waals surface area contributed by atoms with Gasteiger partial charge >= 0.3 is 0 Å². The maximum Gasteiger partial charge on any atom is 0.222 e. The normalized spacial score (nSPS) is 16.8. The zero-order valence-corrected chi connectivity index (χ0v) is 8.47. The Bertz CT molecular complexity index is 168. The molecule has 0 saturated carbocycles. The average molecular weight is 185 g/mol. The number of hydrogen-bond acceptors (Lipinski definition) is 3. The van der Waals surface area contributed by atoms with Crippen molar-refractivity contribution in [3.05, 3.63) is 0 Å². The lowest BCUT2D eigenvalue weighted by Crippen LogP contribution is -2.45. The molecule has 1 saturated heterocycles. The van der Waals surface area contributed by atoms with Crippen LogP contribution < -0.4 is 10.6 Å². The SMILES string of the molecule is CNCCN(C)C(=O)CC1CNC1. The molecule has 1 fully saturated rings. The summed E-state index contributed by atoms with van der Waals surface area (Å²) in [7, 11) is 3.76. The Balaban J connectivity index is 2.13. The quantitative estimate of drug-likeness (QED) is 0.594. The molecular formula is C9H19N3O. The number of nitrogens with zero attached hydrogens (tertiary/aromatic N) is 1. The van der Waals surface area contributed by atoms with E-state index >= 15 is 0 Å². The third-order valence-electron chi connectivity index (χ3n) is 2.45. The second kappa shape index (κ2) is 5.19. The number of carbonyl (C=O) groups is 1. The van der Waals surface area contributed by atoms with E-state index in [1.54, 1.807) is 4.90 Å². The first-order valence-corrected chi connectivity index (χ1v) is 4.83. The molecule has 1 rings (SSSR count). The molecule has 0 radical (unpaired) electrons. The van der Waals surface area contributed by atoms with Gasteiger partial charge in [0, 0.05) is 26.6 Å². The predicted octanol–water partition coefficient (Wildman–Crippen LogP) is -0.726. The fourth-order valence-electron chi connectivity index (χ4n) is 1.30. The Morgan fingerprint density at radius 1 is 1.62 bits per heavy atom. The minimum Gasteiger partial charge on any atom is -0.344 e. The van der Waals surface area contributed by atoms with E-state index in [0.29, 0.717) is 12.3 Å². The lowest BCUT2D eigenvalue weighted by Gasteiger charge is -2.28. The molecular weight excluding hydrogens is 166 g/mol. The van der Waals surface area contributed by atoms with Crippen LogP contribution >= 0.6 is 0 Å². The summed E-state index contributed by atoms with van der Waals surface area (Å²) in [5.74, 6) is 0.839. The first-order chi connectivity index (χ1) is 6.24. The molecule has 0 unspecified atom stereocenters. The van der Waals surface area contributed by atoms with Crippen molar-refractivity contribution in [2.75, 3.05) is 40.3 Å². The summed E-state index contributed by atoms with van der Waals surface area (Å²) >= 11 is 0. The van der Waals surface area contributed by atoms with Crippen molar-refractivity contribution in [2.24, 2.45) is 5.92 Å². The Morgan fingerprint density at radius 3 is 2.77 bits per heavy atom. The number of likely N-dealkylation sites (N-methyl/N-ethyl adjacent to an activating group) is 2. The summed E-state index contributed by atoms with van der Waals surface area (Å²) in [5.41, 5.74) is 0. The van der Waals surface area contributed by atoms with Crippen molar-refractivity contribution in [3.63, 3.8) is 0 Å². The molecule has 0 aromatic rings. The van der Waals surface area contributed by atoms with E-state index in [9.17, 15) is 4.79 Å². The molecule has 0 aliphatic carbocycles. The highest BCUT2D eigenvalue weighted by Gasteiger charge is 2.21. The van der Waals surface area contributed by atoms with Gasteiger partial charge in [0.15, 0.2) is 0 Å². The summed E-state index contributed by atoms with van der Waals surface area (Å²) in [5, 5.41) is 6.19. The summed E-state index contributed by atoms with van der Waals surface area (Å²) in [6, 6.07) is 0. The molecule has 76 valence electrons. The van der Waals surface area contributed by atoms with Crippen molar-refractivity contribution in [1.82, 2.24) is 15.5 Å². The molecule has 1 aliphatic rings. The van der Waals surface area contributed by atoms with Crippen LogP contribution in [0.5, 0.6) is 0 Å². The Hall–Kier alpha value is -0.610. The number of amides is 1. The minimum absolute atomic E-state index is 0.266. The zero-order valence-electron chi connectivity index (χ0n) is 8.47. The van der Waals surface area contributed by atoms with Crippen LogP contribution in [0.3, 0.4) is 0 Å². The van der Waals surface area contributed by atoms with Gasteiger partial charge < -0.3 is 15.5 Å². The van der Waals surface area contributed by atoms with E-state index in [-0.39, 0.29) is 5.91 Å². The predicted molar refractivity (Wildman–Crippen MR) is 52.5 cm³/mol. The van der Waals surface area contributed by atoms with E-state index in [2.05, 4.69) is 10.6 Å². The van der Waals surface area contributed by atoms with Gasteiger partial charge in [-0.05, 0) is 26.1 Å². The van der Waals surface area contributed by atoms with Gasteiger partial charge in [0.05, 0.1) is 0 Å². The number of carbonyl (C=O) groups excluding carboxylic acids is 1. The van der Waals surface area contributed by atoms with Crippen LogP contribution in [0, 0.1) is 5.92 Å². The lowest BCUT2D eigenvalue weighted by atomic mass is 9.99. The molecule has 4 heteroatoms. The number of hydrogen-bond donors (Lipinski definition) is 2. The molecule has 1 aliphatic heterocycles. The fourth-order valence-corrected chi connectivity index (χ4v) is 1.30. The maximum absolute atomic E-state index is 11.5. The van der Waals surface area contributed by atoms with E-state index in [4.69, 9.17) is 0 Å². The molecule has 0 bridgehead atoms. The van der Waals surface area contributed by atoms with Crippen LogP contribution in [-0.4, -0.2) is 51.1 Å².